The Labute approximate surface area is 108 Å². The summed E-state index contributed by atoms with van der Waals surface area (Å²) in [7, 11) is 0. The van der Waals surface area contributed by atoms with E-state index in [0.717, 1.165) is 13.0 Å². The van der Waals surface area contributed by atoms with Crippen molar-refractivity contribution >= 4 is 0 Å². The van der Waals surface area contributed by atoms with E-state index in [4.69, 9.17) is 0 Å². The number of hydrogen-bond donors (Lipinski definition) is 2. The van der Waals surface area contributed by atoms with E-state index in [9.17, 15) is 5.11 Å². The van der Waals surface area contributed by atoms with Gasteiger partial charge in [-0.25, -0.2) is 0 Å². The number of hydrogen-bond acceptors (Lipinski definition) is 2. The van der Waals surface area contributed by atoms with E-state index in [1.807, 2.05) is 0 Å². The Balaban J connectivity index is 3.97. The lowest BCUT2D eigenvalue weighted by Gasteiger charge is -2.24. The van der Waals surface area contributed by atoms with Crippen LogP contribution >= 0.6 is 0 Å². The molecule has 0 fully saturated rings. The molecule has 2 nitrogen and oxygen atoms in total. The van der Waals surface area contributed by atoms with Crippen LogP contribution < -0.4 is 5.32 Å². The van der Waals surface area contributed by atoms with Gasteiger partial charge in [0.1, 0.15) is 0 Å². The van der Waals surface area contributed by atoms with Gasteiger partial charge in [0.25, 0.3) is 0 Å². The molecule has 0 rings (SSSR count). The Morgan fingerprint density at radius 2 is 1.18 bits per heavy atom. The van der Waals surface area contributed by atoms with Crippen LogP contribution in [0.15, 0.2) is 0 Å². The van der Waals surface area contributed by atoms with E-state index in [2.05, 4.69) is 46.9 Å². The summed E-state index contributed by atoms with van der Waals surface area (Å²) in [5.41, 5.74) is 0. The van der Waals surface area contributed by atoms with Gasteiger partial charge in [-0.3, -0.25) is 0 Å². The molecule has 0 heterocycles. The fraction of sp³-hybridized carbons (Fsp3) is 1.00. The quantitative estimate of drug-likeness (QED) is 0.650. The number of rotatable bonds is 9. The molecule has 2 N–H and O–H groups in total. The Morgan fingerprint density at radius 1 is 0.765 bits per heavy atom. The molecule has 0 radical (unpaired) electrons. The first-order valence-electron chi connectivity index (χ1n) is 7.22. The van der Waals surface area contributed by atoms with Gasteiger partial charge < -0.3 is 10.4 Å². The molecule has 0 aromatic heterocycles. The molecule has 0 saturated carbocycles. The number of aliphatic hydroxyl groups excluding tert-OH is 1. The van der Waals surface area contributed by atoms with Crippen molar-refractivity contribution in [3.8, 4) is 0 Å². The zero-order valence-electron chi connectivity index (χ0n) is 12.7. The van der Waals surface area contributed by atoms with E-state index in [0.29, 0.717) is 23.8 Å². The maximum Gasteiger partial charge on any atom is 0.0667 e. The first-order valence-corrected chi connectivity index (χ1v) is 7.22. The second kappa shape index (κ2) is 8.93. The van der Waals surface area contributed by atoms with E-state index in [-0.39, 0.29) is 6.10 Å². The van der Waals surface area contributed by atoms with Gasteiger partial charge in [-0.15, -0.1) is 0 Å². The molecule has 1 atom stereocenters. The smallest absolute Gasteiger partial charge is 0.0667 e. The molecule has 0 saturated heterocycles. The summed E-state index contributed by atoms with van der Waals surface area (Å²) in [5.74, 6) is 2.00. The molecular weight excluding hydrogens is 210 g/mol. The molecular formula is C15H33NO. The van der Waals surface area contributed by atoms with Crippen molar-refractivity contribution in [1.29, 1.82) is 0 Å². The molecule has 0 aliphatic carbocycles. The van der Waals surface area contributed by atoms with E-state index >= 15 is 0 Å². The summed E-state index contributed by atoms with van der Waals surface area (Å²) in [6, 6.07) is 0.553. The topological polar surface area (TPSA) is 32.3 Å². The maximum atomic E-state index is 9.87. The average Bonchev–Trinajstić information content (AvgIpc) is 2.11. The zero-order chi connectivity index (χ0) is 13.4. The predicted octanol–water partition coefficient (Wildman–Crippen LogP) is 3.44. The average molecular weight is 243 g/mol. The molecule has 104 valence electrons. The fourth-order valence-corrected chi connectivity index (χ4v) is 2.33. The summed E-state index contributed by atoms with van der Waals surface area (Å²) in [6.45, 7) is 14.1. The van der Waals surface area contributed by atoms with Crippen LogP contribution in [-0.4, -0.2) is 23.8 Å². The standard InChI is InChI=1S/C15H33NO/c1-11(2)7-14(8-12(3)4)16-10-15(17)9-13(5)6/h11-17H,7-10H2,1-6H3. The molecule has 2 heteroatoms. The van der Waals surface area contributed by atoms with Crippen molar-refractivity contribution in [2.75, 3.05) is 6.54 Å². The van der Waals surface area contributed by atoms with Crippen LogP contribution in [0.4, 0.5) is 0 Å². The fourth-order valence-electron chi connectivity index (χ4n) is 2.33. The molecule has 0 amide bonds. The van der Waals surface area contributed by atoms with Crippen molar-refractivity contribution < 1.29 is 5.11 Å². The highest BCUT2D eigenvalue weighted by molar-refractivity contribution is 4.73. The Kier molecular flexibility index (Phi) is 8.89. The second-order valence-corrected chi connectivity index (χ2v) is 6.65. The van der Waals surface area contributed by atoms with Crippen LogP contribution in [0.3, 0.4) is 0 Å². The third kappa shape index (κ3) is 10.8. The molecule has 0 aromatic rings. The first-order chi connectivity index (χ1) is 7.81. The van der Waals surface area contributed by atoms with E-state index in [1.165, 1.54) is 12.8 Å². The van der Waals surface area contributed by atoms with Crippen molar-refractivity contribution in [1.82, 2.24) is 5.32 Å². The summed E-state index contributed by atoms with van der Waals surface area (Å²) >= 11 is 0. The minimum Gasteiger partial charge on any atom is -0.392 e. The number of nitrogens with one attached hydrogen (secondary N) is 1. The lowest BCUT2D eigenvalue weighted by molar-refractivity contribution is 0.139. The highest BCUT2D eigenvalue weighted by Gasteiger charge is 2.14. The van der Waals surface area contributed by atoms with Crippen LogP contribution in [0.25, 0.3) is 0 Å². The molecule has 0 aromatic carbocycles. The van der Waals surface area contributed by atoms with Crippen LogP contribution in [0, 0.1) is 17.8 Å². The van der Waals surface area contributed by atoms with Crippen molar-refractivity contribution in [2.24, 2.45) is 17.8 Å². The largest absolute Gasteiger partial charge is 0.392 e. The van der Waals surface area contributed by atoms with Gasteiger partial charge in [0.2, 0.25) is 0 Å². The van der Waals surface area contributed by atoms with Crippen LogP contribution in [-0.2, 0) is 0 Å². The van der Waals surface area contributed by atoms with Crippen molar-refractivity contribution in [2.45, 2.75) is 73.0 Å². The lowest BCUT2D eigenvalue weighted by atomic mass is 9.95. The highest BCUT2D eigenvalue weighted by Crippen LogP contribution is 2.13. The maximum absolute atomic E-state index is 9.87. The summed E-state index contributed by atoms with van der Waals surface area (Å²) in [5, 5.41) is 13.4. The van der Waals surface area contributed by atoms with Crippen LogP contribution in [0.2, 0.25) is 0 Å². The zero-order valence-corrected chi connectivity index (χ0v) is 12.7. The Morgan fingerprint density at radius 3 is 1.53 bits per heavy atom. The molecule has 17 heavy (non-hydrogen) atoms. The van der Waals surface area contributed by atoms with Gasteiger partial charge in [0, 0.05) is 12.6 Å². The minimum absolute atomic E-state index is 0.197. The Hall–Kier alpha value is -0.0800. The van der Waals surface area contributed by atoms with Gasteiger partial charge >= 0.3 is 0 Å². The van der Waals surface area contributed by atoms with Crippen LogP contribution in [0.1, 0.15) is 60.8 Å². The van der Waals surface area contributed by atoms with Gasteiger partial charge in [0.15, 0.2) is 0 Å². The van der Waals surface area contributed by atoms with Gasteiger partial charge in [-0.05, 0) is 37.0 Å². The van der Waals surface area contributed by atoms with Gasteiger partial charge in [0.05, 0.1) is 6.10 Å². The molecule has 0 bridgehead atoms. The molecule has 1 unspecified atom stereocenters. The third-order valence-electron chi connectivity index (χ3n) is 2.90. The minimum atomic E-state index is -0.197. The Bertz CT molecular complexity index is 168. The number of aliphatic hydroxyl groups is 1. The summed E-state index contributed by atoms with van der Waals surface area (Å²) < 4.78 is 0. The molecule has 0 aliphatic rings. The second-order valence-electron chi connectivity index (χ2n) is 6.65. The summed E-state index contributed by atoms with van der Waals surface area (Å²) in [6.07, 6.45) is 3.10. The normalized spacial score (nSPS) is 14.3. The van der Waals surface area contributed by atoms with E-state index in [1.54, 1.807) is 0 Å². The predicted molar refractivity (Wildman–Crippen MR) is 76.2 cm³/mol. The van der Waals surface area contributed by atoms with Gasteiger partial charge in [-0.2, -0.15) is 0 Å². The van der Waals surface area contributed by atoms with E-state index < -0.39 is 0 Å². The van der Waals surface area contributed by atoms with Gasteiger partial charge in [-0.1, -0.05) is 41.5 Å². The summed E-state index contributed by atoms with van der Waals surface area (Å²) in [4.78, 5) is 0. The SMILES string of the molecule is CC(C)CC(O)CNC(CC(C)C)CC(C)C. The highest BCUT2D eigenvalue weighted by atomic mass is 16.3. The monoisotopic (exact) mass is 243 g/mol. The lowest BCUT2D eigenvalue weighted by Crippen LogP contribution is -2.37. The van der Waals surface area contributed by atoms with Crippen molar-refractivity contribution in [3.05, 3.63) is 0 Å². The molecule has 0 aliphatic heterocycles. The van der Waals surface area contributed by atoms with Crippen LogP contribution in [0.5, 0.6) is 0 Å². The molecule has 0 spiro atoms. The van der Waals surface area contributed by atoms with Crippen molar-refractivity contribution in [3.63, 3.8) is 0 Å². The first kappa shape index (κ1) is 16.9. The third-order valence-corrected chi connectivity index (χ3v) is 2.90.